The fourth-order valence-electron chi connectivity index (χ4n) is 3.39. The molecule has 0 saturated heterocycles. The maximum atomic E-state index is 12.3. The molecule has 144 valence electrons. The summed E-state index contributed by atoms with van der Waals surface area (Å²) >= 11 is 0. The predicted octanol–water partition coefficient (Wildman–Crippen LogP) is 4.24. The lowest BCUT2D eigenvalue weighted by atomic mass is 10.2. The average Bonchev–Trinajstić information content (AvgIpc) is 3.53. The number of rotatable bonds is 5. The van der Waals surface area contributed by atoms with E-state index in [0.29, 0.717) is 11.7 Å². The summed E-state index contributed by atoms with van der Waals surface area (Å²) in [7, 11) is 2.07. The zero-order valence-corrected chi connectivity index (χ0v) is 16.0. The van der Waals surface area contributed by atoms with E-state index in [4.69, 9.17) is 4.98 Å². The number of para-hydroxylation sites is 1. The van der Waals surface area contributed by atoms with Gasteiger partial charge in [0.05, 0.1) is 11.0 Å². The first-order valence-corrected chi connectivity index (χ1v) is 9.61. The third-order valence-electron chi connectivity index (χ3n) is 5.06. The standard InChI is InChI=1S/C22H20N6O/c1-28-19-11-9-16(13-18(19)25-21(28)14-7-8-14)23-20-12-10-17(26-27-20)22(29)24-15-5-3-2-4-6-15/h2-6,9-14H,7-8H2,1H3,(H,23,27)(H,24,29). The van der Waals surface area contributed by atoms with Crippen molar-refractivity contribution in [3.8, 4) is 0 Å². The molecule has 1 fully saturated rings. The average molecular weight is 384 g/mol. The third-order valence-corrected chi connectivity index (χ3v) is 5.06. The molecule has 7 nitrogen and oxygen atoms in total. The van der Waals surface area contributed by atoms with Gasteiger partial charge in [0.1, 0.15) is 5.82 Å². The van der Waals surface area contributed by atoms with Crippen LogP contribution in [0.2, 0.25) is 0 Å². The number of nitrogens with zero attached hydrogens (tertiary/aromatic N) is 4. The Bertz CT molecular complexity index is 1180. The summed E-state index contributed by atoms with van der Waals surface area (Å²) in [6, 6.07) is 18.7. The fourth-order valence-corrected chi connectivity index (χ4v) is 3.39. The third kappa shape index (κ3) is 3.54. The Labute approximate surface area is 167 Å². The Morgan fingerprint density at radius 3 is 2.55 bits per heavy atom. The molecular formula is C22H20N6O. The molecule has 5 rings (SSSR count). The summed E-state index contributed by atoms with van der Waals surface area (Å²) in [6.45, 7) is 0. The lowest BCUT2D eigenvalue weighted by Crippen LogP contribution is -2.14. The predicted molar refractivity (Wildman–Crippen MR) is 112 cm³/mol. The summed E-state index contributed by atoms with van der Waals surface area (Å²) in [5, 5.41) is 14.2. The molecule has 1 aliphatic carbocycles. The SMILES string of the molecule is Cn1c(C2CC2)nc2cc(Nc3ccc(C(=O)Nc4ccccc4)nn3)ccc21. The van der Waals surface area contributed by atoms with Crippen molar-refractivity contribution in [2.75, 3.05) is 10.6 Å². The molecule has 0 bridgehead atoms. The van der Waals surface area contributed by atoms with E-state index in [1.165, 1.54) is 12.8 Å². The maximum absolute atomic E-state index is 12.3. The molecule has 0 atom stereocenters. The number of aryl methyl sites for hydroxylation is 1. The van der Waals surface area contributed by atoms with Crippen LogP contribution in [0.4, 0.5) is 17.2 Å². The largest absolute Gasteiger partial charge is 0.339 e. The lowest BCUT2D eigenvalue weighted by molar-refractivity contribution is 0.102. The van der Waals surface area contributed by atoms with Crippen molar-refractivity contribution in [3.63, 3.8) is 0 Å². The van der Waals surface area contributed by atoms with Crippen molar-refractivity contribution in [1.82, 2.24) is 19.7 Å². The molecule has 0 aliphatic heterocycles. The summed E-state index contributed by atoms with van der Waals surface area (Å²) in [4.78, 5) is 17.1. The number of amides is 1. The Hall–Kier alpha value is -3.74. The number of anilines is 3. The molecule has 2 N–H and O–H groups in total. The number of imidazole rings is 1. The number of hydrogen-bond acceptors (Lipinski definition) is 5. The van der Waals surface area contributed by atoms with Gasteiger partial charge in [0.15, 0.2) is 11.5 Å². The second kappa shape index (κ2) is 7.01. The zero-order chi connectivity index (χ0) is 19.8. The zero-order valence-electron chi connectivity index (χ0n) is 16.0. The van der Waals surface area contributed by atoms with Gasteiger partial charge in [-0.3, -0.25) is 4.79 Å². The number of carbonyl (C=O) groups excluding carboxylic acids is 1. The van der Waals surface area contributed by atoms with Crippen LogP contribution in [-0.4, -0.2) is 25.7 Å². The Balaban J connectivity index is 1.31. The topological polar surface area (TPSA) is 84.7 Å². The van der Waals surface area contributed by atoms with Crippen molar-refractivity contribution < 1.29 is 4.79 Å². The number of nitrogens with one attached hydrogen (secondary N) is 2. The van der Waals surface area contributed by atoms with Crippen LogP contribution >= 0.6 is 0 Å². The van der Waals surface area contributed by atoms with E-state index >= 15 is 0 Å². The Morgan fingerprint density at radius 2 is 1.83 bits per heavy atom. The number of hydrogen-bond donors (Lipinski definition) is 2. The second-order valence-corrected chi connectivity index (χ2v) is 7.26. The van der Waals surface area contributed by atoms with E-state index in [0.717, 1.165) is 28.2 Å². The van der Waals surface area contributed by atoms with E-state index < -0.39 is 0 Å². The van der Waals surface area contributed by atoms with Gasteiger partial charge in [0.2, 0.25) is 0 Å². The highest BCUT2D eigenvalue weighted by molar-refractivity contribution is 6.02. The summed E-state index contributed by atoms with van der Waals surface area (Å²) < 4.78 is 2.18. The molecule has 2 aromatic carbocycles. The van der Waals surface area contributed by atoms with Gasteiger partial charge < -0.3 is 15.2 Å². The number of fused-ring (bicyclic) bond motifs is 1. The highest BCUT2D eigenvalue weighted by atomic mass is 16.1. The Kier molecular flexibility index (Phi) is 4.20. The fraction of sp³-hybridized carbons (Fsp3) is 0.182. The van der Waals surface area contributed by atoms with Gasteiger partial charge in [0, 0.05) is 24.3 Å². The molecule has 1 saturated carbocycles. The minimum atomic E-state index is -0.294. The first-order valence-electron chi connectivity index (χ1n) is 9.61. The normalized spacial score (nSPS) is 13.4. The van der Waals surface area contributed by atoms with Crippen LogP contribution in [0.25, 0.3) is 11.0 Å². The molecule has 0 radical (unpaired) electrons. The number of carbonyl (C=O) groups is 1. The quantitative estimate of drug-likeness (QED) is 0.538. The van der Waals surface area contributed by atoms with Crippen LogP contribution in [0.3, 0.4) is 0 Å². The Morgan fingerprint density at radius 1 is 1.00 bits per heavy atom. The van der Waals surface area contributed by atoms with Crippen LogP contribution < -0.4 is 10.6 Å². The highest BCUT2D eigenvalue weighted by Crippen LogP contribution is 2.40. The van der Waals surface area contributed by atoms with Gasteiger partial charge in [-0.15, -0.1) is 10.2 Å². The van der Waals surface area contributed by atoms with Crippen molar-refractivity contribution in [1.29, 1.82) is 0 Å². The van der Waals surface area contributed by atoms with Crippen LogP contribution in [0.1, 0.15) is 35.1 Å². The van der Waals surface area contributed by atoms with E-state index in [9.17, 15) is 4.79 Å². The first-order chi connectivity index (χ1) is 14.2. The van der Waals surface area contributed by atoms with Crippen LogP contribution in [0.15, 0.2) is 60.7 Å². The van der Waals surface area contributed by atoms with Gasteiger partial charge >= 0.3 is 0 Å². The van der Waals surface area contributed by atoms with Gasteiger partial charge in [-0.1, -0.05) is 18.2 Å². The maximum Gasteiger partial charge on any atom is 0.276 e. The molecule has 4 aromatic rings. The molecule has 2 heterocycles. The molecule has 29 heavy (non-hydrogen) atoms. The van der Waals surface area contributed by atoms with Crippen molar-refractivity contribution in [3.05, 3.63) is 72.2 Å². The first kappa shape index (κ1) is 17.4. The van der Waals surface area contributed by atoms with Gasteiger partial charge in [-0.2, -0.15) is 0 Å². The van der Waals surface area contributed by atoms with Gasteiger partial charge in [0.25, 0.3) is 5.91 Å². The monoisotopic (exact) mass is 384 g/mol. The van der Waals surface area contributed by atoms with E-state index in [1.54, 1.807) is 12.1 Å². The van der Waals surface area contributed by atoms with Crippen molar-refractivity contribution in [2.45, 2.75) is 18.8 Å². The molecular weight excluding hydrogens is 364 g/mol. The van der Waals surface area contributed by atoms with Gasteiger partial charge in [-0.05, 0) is 55.3 Å². The lowest BCUT2D eigenvalue weighted by Gasteiger charge is -2.07. The summed E-state index contributed by atoms with van der Waals surface area (Å²) in [5.41, 5.74) is 3.95. The number of aromatic nitrogens is 4. The number of benzene rings is 2. The van der Waals surface area contributed by atoms with Crippen LogP contribution in [0, 0.1) is 0 Å². The van der Waals surface area contributed by atoms with Gasteiger partial charge in [-0.25, -0.2) is 4.98 Å². The smallest absolute Gasteiger partial charge is 0.276 e. The van der Waals surface area contributed by atoms with Crippen LogP contribution in [0.5, 0.6) is 0 Å². The summed E-state index contributed by atoms with van der Waals surface area (Å²) in [5.74, 6) is 2.03. The van der Waals surface area contributed by atoms with Crippen molar-refractivity contribution >= 4 is 34.1 Å². The van der Waals surface area contributed by atoms with Crippen molar-refractivity contribution in [2.24, 2.45) is 7.05 Å². The van der Waals surface area contributed by atoms with E-state index in [-0.39, 0.29) is 11.6 Å². The second-order valence-electron chi connectivity index (χ2n) is 7.26. The molecule has 1 amide bonds. The molecule has 0 spiro atoms. The van der Waals surface area contributed by atoms with E-state index in [1.807, 2.05) is 42.5 Å². The summed E-state index contributed by atoms with van der Waals surface area (Å²) in [6.07, 6.45) is 2.45. The molecule has 0 unspecified atom stereocenters. The molecule has 1 aliphatic rings. The highest BCUT2D eigenvalue weighted by Gasteiger charge is 2.28. The molecule has 2 aromatic heterocycles. The minimum absolute atomic E-state index is 0.258. The minimum Gasteiger partial charge on any atom is -0.339 e. The van der Waals surface area contributed by atoms with E-state index in [2.05, 4.69) is 38.5 Å². The van der Waals surface area contributed by atoms with Crippen LogP contribution in [-0.2, 0) is 7.05 Å². The molecule has 7 heteroatoms.